The highest BCUT2D eigenvalue weighted by molar-refractivity contribution is 8.00. The van der Waals surface area contributed by atoms with Gasteiger partial charge in [-0.25, -0.2) is 4.98 Å². The molecule has 2 aliphatic rings. The zero-order valence-electron chi connectivity index (χ0n) is 20.0. The molecule has 1 aliphatic carbocycles. The van der Waals surface area contributed by atoms with Crippen LogP contribution in [0.5, 0.6) is 0 Å². The number of ether oxygens (including phenoxy) is 1. The molecule has 3 atom stereocenters. The van der Waals surface area contributed by atoms with Gasteiger partial charge >= 0.3 is 0 Å². The Balaban J connectivity index is 1.51. The van der Waals surface area contributed by atoms with Crippen molar-refractivity contribution in [1.29, 1.82) is 0 Å². The van der Waals surface area contributed by atoms with Gasteiger partial charge in [-0.3, -0.25) is 14.2 Å². The summed E-state index contributed by atoms with van der Waals surface area (Å²) in [4.78, 5) is 35.8. The van der Waals surface area contributed by atoms with Gasteiger partial charge in [0.25, 0.3) is 5.56 Å². The topological polar surface area (TPSA) is 64.4 Å². The van der Waals surface area contributed by atoms with Gasteiger partial charge in [0.05, 0.1) is 23.3 Å². The number of aryl methyl sites for hydroxylation is 1. The number of aromatic nitrogens is 2. The van der Waals surface area contributed by atoms with Crippen LogP contribution in [0.3, 0.4) is 0 Å². The molecular formula is C26H31N3O3S2. The fraction of sp³-hybridized carbons (Fsp3) is 0.500. The zero-order chi connectivity index (χ0) is 23.8. The van der Waals surface area contributed by atoms with E-state index in [4.69, 9.17) is 9.72 Å². The van der Waals surface area contributed by atoms with Crippen LogP contribution >= 0.6 is 23.1 Å². The minimum Gasteiger partial charge on any atom is -0.376 e. The molecule has 0 bridgehead atoms. The largest absolute Gasteiger partial charge is 0.376 e. The van der Waals surface area contributed by atoms with Crippen molar-refractivity contribution >= 4 is 44.9 Å². The average molecular weight is 498 g/mol. The van der Waals surface area contributed by atoms with Crippen LogP contribution in [-0.4, -0.2) is 40.5 Å². The monoisotopic (exact) mass is 497 g/mol. The molecule has 3 heterocycles. The van der Waals surface area contributed by atoms with Crippen molar-refractivity contribution in [3.63, 3.8) is 0 Å². The fourth-order valence-corrected chi connectivity index (χ4v) is 7.34. The summed E-state index contributed by atoms with van der Waals surface area (Å²) in [5.41, 5.74) is 2.06. The standard InChI is InChI=1S/C26H31N3O3S2/c1-16-11-12-20-21(14-16)34-23-22(20)25(31)29(15-19-10-7-13-32-19)26(27-23)33-17(2)24(30)28(3)18-8-5-4-6-9-18/h4-6,8-9,16-17,19H,7,10-15H2,1-3H3. The Kier molecular flexibility index (Phi) is 6.82. The van der Waals surface area contributed by atoms with Gasteiger partial charge in [0.15, 0.2) is 5.16 Å². The predicted molar refractivity (Wildman–Crippen MR) is 139 cm³/mol. The Hall–Kier alpha value is -2.16. The van der Waals surface area contributed by atoms with Crippen LogP contribution < -0.4 is 10.5 Å². The molecule has 1 amide bonds. The minimum absolute atomic E-state index is 0.0174. The van der Waals surface area contributed by atoms with Gasteiger partial charge in [-0.05, 0) is 62.6 Å². The third kappa shape index (κ3) is 4.55. The summed E-state index contributed by atoms with van der Waals surface area (Å²) in [6, 6.07) is 9.62. The zero-order valence-corrected chi connectivity index (χ0v) is 21.6. The Labute approximate surface area is 208 Å². The van der Waals surface area contributed by atoms with E-state index in [0.29, 0.717) is 17.6 Å². The second-order valence-corrected chi connectivity index (χ2v) is 11.9. The molecule has 5 rings (SSSR count). The van der Waals surface area contributed by atoms with Crippen molar-refractivity contribution < 1.29 is 9.53 Å². The number of carbonyl (C=O) groups is 1. The number of amides is 1. The number of hydrogen-bond acceptors (Lipinski definition) is 6. The number of thiophene rings is 1. The molecule has 34 heavy (non-hydrogen) atoms. The molecule has 0 spiro atoms. The highest BCUT2D eigenvalue weighted by atomic mass is 32.2. The lowest BCUT2D eigenvalue weighted by molar-refractivity contribution is -0.117. The number of nitrogens with zero attached hydrogens (tertiary/aromatic N) is 3. The van der Waals surface area contributed by atoms with Crippen molar-refractivity contribution in [3.05, 3.63) is 51.1 Å². The molecule has 3 aromatic rings. The number of benzene rings is 1. The first kappa shape index (κ1) is 23.6. The number of anilines is 1. The quantitative estimate of drug-likeness (QED) is 0.358. The number of para-hydroxylation sites is 1. The molecule has 0 saturated carbocycles. The van der Waals surface area contributed by atoms with Gasteiger partial charge in [0.1, 0.15) is 4.83 Å². The SMILES string of the molecule is CC1CCc2c(sc3nc(SC(C)C(=O)N(C)c4ccccc4)n(CC4CCCO4)c(=O)c23)C1. The molecule has 0 N–H and O–H groups in total. The molecule has 3 unspecified atom stereocenters. The van der Waals surface area contributed by atoms with Crippen LogP contribution in [0.4, 0.5) is 5.69 Å². The second kappa shape index (κ2) is 9.84. The maximum absolute atomic E-state index is 13.8. The normalized spacial score (nSPS) is 20.9. The molecular weight excluding hydrogens is 466 g/mol. The van der Waals surface area contributed by atoms with Crippen LogP contribution in [0.25, 0.3) is 10.2 Å². The minimum atomic E-state index is -0.389. The number of thioether (sulfide) groups is 1. The summed E-state index contributed by atoms with van der Waals surface area (Å²) in [5.74, 6) is 0.614. The van der Waals surface area contributed by atoms with Gasteiger partial charge in [-0.15, -0.1) is 11.3 Å². The van der Waals surface area contributed by atoms with Gasteiger partial charge in [-0.1, -0.05) is 36.9 Å². The number of hydrogen-bond donors (Lipinski definition) is 0. The van der Waals surface area contributed by atoms with Gasteiger partial charge < -0.3 is 9.64 Å². The van der Waals surface area contributed by atoms with Crippen LogP contribution in [0.2, 0.25) is 0 Å². The molecule has 180 valence electrons. The first-order valence-corrected chi connectivity index (χ1v) is 13.8. The van der Waals surface area contributed by atoms with E-state index in [1.165, 1.54) is 22.2 Å². The van der Waals surface area contributed by atoms with E-state index in [-0.39, 0.29) is 22.8 Å². The molecule has 6 nitrogen and oxygen atoms in total. The molecule has 8 heteroatoms. The predicted octanol–water partition coefficient (Wildman–Crippen LogP) is 4.91. The first-order chi connectivity index (χ1) is 16.4. The lowest BCUT2D eigenvalue weighted by Gasteiger charge is -2.22. The van der Waals surface area contributed by atoms with Crippen molar-refractivity contribution in [1.82, 2.24) is 9.55 Å². The number of fused-ring (bicyclic) bond motifs is 3. The van der Waals surface area contributed by atoms with Crippen LogP contribution in [-0.2, 0) is 28.9 Å². The van der Waals surface area contributed by atoms with Gasteiger partial charge in [0.2, 0.25) is 5.91 Å². The van der Waals surface area contributed by atoms with Crippen molar-refractivity contribution in [2.24, 2.45) is 5.92 Å². The van der Waals surface area contributed by atoms with E-state index < -0.39 is 0 Å². The van der Waals surface area contributed by atoms with Crippen molar-refractivity contribution in [2.45, 2.75) is 69.0 Å². The van der Waals surface area contributed by atoms with E-state index >= 15 is 0 Å². The summed E-state index contributed by atoms with van der Waals surface area (Å²) in [5, 5.41) is 1.01. The highest BCUT2D eigenvalue weighted by Gasteiger charge is 2.28. The van der Waals surface area contributed by atoms with Crippen molar-refractivity contribution in [2.75, 3.05) is 18.6 Å². The van der Waals surface area contributed by atoms with E-state index in [9.17, 15) is 9.59 Å². The maximum Gasteiger partial charge on any atom is 0.263 e. The lowest BCUT2D eigenvalue weighted by atomic mass is 9.89. The number of carbonyl (C=O) groups excluding carboxylic acids is 1. The summed E-state index contributed by atoms with van der Waals surface area (Å²) in [6.07, 6.45) is 5.04. The molecule has 0 radical (unpaired) electrons. The number of rotatable bonds is 6. The molecule has 1 saturated heterocycles. The second-order valence-electron chi connectivity index (χ2n) is 9.47. The van der Waals surface area contributed by atoms with E-state index in [1.807, 2.05) is 37.3 Å². The maximum atomic E-state index is 13.8. The average Bonchev–Trinajstić information content (AvgIpc) is 3.48. The van der Waals surface area contributed by atoms with E-state index in [2.05, 4.69) is 6.92 Å². The van der Waals surface area contributed by atoms with Crippen LogP contribution in [0.15, 0.2) is 40.3 Å². The summed E-state index contributed by atoms with van der Waals surface area (Å²) in [6.45, 7) is 5.38. The summed E-state index contributed by atoms with van der Waals surface area (Å²) >= 11 is 3.03. The Morgan fingerprint density at radius 1 is 1.32 bits per heavy atom. The fourth-order valence-electron chi connectivity index (χ4n) is 4.91. The highest BCUT2D eigenvalue weighted by Crippen LogP contribution is 2.37. The van der Waals surface area contributed by atoms with Crippen molar-refractivity contribution in [3.8, 4) is 0 Å². The van der Waals surface area contributed by atoms with Crippen LogP contribution in [0, 0.1) is 5.92 Å². The third-order valence-corrected chi connectivity index (χ3v) is 9.12. The molecule has 1 aliphatic heterocycles. The molecule has 2 aromatic heterocycles. The summed E-state index contributed by atoms with van der Waals surface area (Å²) < 4.78 is 7.64. The molecule has 1 aromatic carbocycles. The molecule has 1 fully saturated rings. The third-order valence-electron chi connectivity index (χ3n) is 6.89. The van der Waals surface area contributed by atoms with Gasteiger partial charge in [-0.2, -0.15) is 0 Å². The summed E-state index contributed by atoms with van der Waals surface area (Å²) in [7, 11) is 1.79. The Morgan fingerprint density at radius 3 is 2.85 bits per heavy atom. The smallest absolute Gasteiger partial charge is 0.263 e. The van der Waals surface area contributed by atoms with Crippen LogP contribution in [0.1, 0.15) is 43.6 Å². The van der Waals surface area contributed by atoms with Gasteiger partial charge in [0, 0.05) is 24.2 Å². The van der Waals surface area contributed by atoms with E-state index in [1.54, 1.807) is 27.9 Å². The van der Waals surface area contributed by atoms with E-state index in [0.717, 1.165) is 54.6 Å². The Bertz CT molecular complexity index is 1250. The Morgan fingerprint density at radius 2 is 2.12 bits per heavy atom. The lowest BCUT2D eigenvalue weighted by Crippen LogP contribution is -2.34. The first-order valence-electron chi connectivity index (χ1n) is 12.1.